The molecular weight excluding hydrogens is 427 g/mol. The molecule has 0 saturated heterocycles. The van der Waals surface area contributed by atoms with E-state index in [4.69, 9.17) is 32.7 Å². The Morgan fingerprint density at radius 2 is 1.73 bits per heavy atom. The fraction of sp³-hybridized carbons (Fsp3) is 0.0455. The number of hydrogen-bond donors (Lipinski definition) is 1. The summed E-state index contributed by atoms with van der Waals surface area (Å²) < 4.78 is 10.7. The topological polar surface area (TPSA) is 77.0 Å². The second kappa shape index (κ2) is 10.4. The van der Waals surface area contributed by atoms with E-state index in [-0.39, 0.29) is 6.61 Å². The zero-order chi connectivity index (χ0) is 21.3. The van der Waals surface area contributed by atoms with Crippen molar-refractivity contribution < 1.29 is 19.1 Å². The Morgan fingerprint density at radius 1 is 0.967 bits per heavy atom. The van der Waals surface area contributed by atoms with Gasteiger partial charge < -0.3 is 9.47 Å². The summed E-state index contributed by atoms with van der Waals surface area (Å²) in [7, 11) is 0. The third kappa shape index (κ3) is 6.34. The van der Waals surface area contributed by atoms with Gasteiger partial charge in [0.05, 0.1) is 16.8 Å². The molecule has 0 spiro atoms. The van der Waals surface area contributed by atoms with Crippen molar-refractivity contribution >= 4 is 41.3 Å². The first-order valence-electron chi connectivity index (χ1n) is 8.78. The van der Waals surface area contributed by atoms with Crippen LogP contribution in [-0.4, -0.2) is 24.7 Å². The van der Waals surface area contributed by atoms with Crippen LogP contribution in [0.2, 0.25) is 10.0 Å². The molecule has 0 saturated carbocycles. The first-order chi connectivity index (χ1) is 14.5. The normalized spacial score (nSPS) is 10.6. The Hall–Kier alpha value is -3.35. The number of hydrogen-bond acceptors (Lipinski definition) is 5. The third-order valence-corrected chi connectivity index (χ3v) is 4.31. The molecule has 3 aromatic carbocycles. The van der Waals surface area contributed by atoms with Crippen LogP contribution in [0.15, 0.2) is 77.9 Å². The van der Waals surface area contributed by atoms with Crippen molar-refractivity contribution in [2.24, 2.45) is 5.10 Å². The number of halogens is 2. The van der Waals surface area contributed by atoms with Gasteiger partial charge in [0.25, 0.3) is 5.91 Å². The molecule has 1 amide bonds. The van der Waals surface area contributed by atoms with Gasteiger partial charge in [-0.3, -0.25) is 4.79 Å². The lowest BCUT2D eigenvalue weighted by molar-refractivity contribution is -0.123. The highest BCUT2D eigenvalue weighted by atomic mass is 35.5. The maximum atomic E-state index is 12.2. The number of esters is 1. The average Bonchev–Trinajstić information content (AvgIpc) is 2.74. The Labute approximate surface area is 183 Å². The van der Waals surface area contributed by atoms with Crippen LogP contribution < -0.4 is 14.9 Å². The lowest BCUT2D eigenvalue weighted by Crippen LogP contribution is -2.24. The van der Waals surface area contributed by atoms with Crippen LogP contribution in [0.1, 0.15) is 15.9 Å². The van der Waals surface area contributed by atoms with Gasteiger partial charge >= 0.3 is 5.97 Å². The van der Waals surface area contributed by atoms with E-state index in [2.05, 4.69) is 10.5 Å². The number of hydrazone groups is 1. The number of nitrogens with zero attached hydrogens (tertiary/aromatic N) is 1. The molecule has 30 heavy (non-hydrogen) atoms. The summed E-state index contributed by atoms with van der Waals surface area (Å²) in [6, 6.07) is 19.9. The SMILES string of the molecule is O=C(COc1ccccc1Cl)NN=Cc1cccc(OC(=O)c2ccc(Cl)cc2)c1. The second-order valence-corrected chi connectivity index (χ2v) is 6.82. The average molecular weight is 443 g/mol. The summed E-state index contributed by atoms with van der Waals surface area (Å²) in [5, 5.41) is 4.82. The molecule has 0 bridgehead atoms. The van der Waals surface area contributed by atoms with Gasteiger partial charge in [-0.25, -0.2) is 10.2 Å². The summed E-state index contributed by atoms with van der Waals surface area (Å²) in [6.45, 7) is -0.236. The first kappa shape index (κ1) is 21.4. The van der Waals surface area contributed by atoms with Crippen LogP contribution in [-0.2, 0) is 4.79 Å². The molecule has 0 aliphatic rings. The maximum Gasteiger partial charge on any atom is 0.343 e. The van der Waals surface area contributed by atoms with Crippen molar-refractivity contribution in [3.8, 4) is 11.5 Å². The van der Waals surface area contributed by atoms with Gasteiger partial charge in [-0.15, -0.1) is 0 Å². The maximum absolute atomic E-state index is 12.2. The van der Waals surface area contributed by atoms with Gasteiger partial charge in [0.2, 0.25) is 0 Å². The zero-order valence-electron chi connectivity index (χ0n) is 15.5. The molecule has 6 nitrogen and oxygen atoms in total. The standard InChI is InChI=1S/C22H16Cl2N2O4/c23-17-10-8-16(9-11-17)22(28)30-18-5-3-4-15(12-18)13-25-26-21(27)14-29-20-7-2-1-6-19(20)24/h1-13H,14H2,(H,26,27). The van der Waals surface area contributed by atoms with Gasteiger partial charge in [-0.05, 0) is 54.1 Å². The van der Waals surface area contributed by atoms with Gasteiger partial charge in [-0.1, -0.05) is 47.5 Å². The summed E-state index contributed by atoms with van der Waals surface area (Å²) in [5.41, 5.74) is 3.36. The molecule has 3 rings (SSSR count). The monoisotopic (exact) mass is 442 g/mol. The number of rotatable bonds is 7. The third-order valence-electron chi connectivity index (χ3n) is 3.75. The van der Waals surface area contributed by atoms with E-state index in [1.165, 1.54) is 6.21 Å². The molecule has 8 heteroatoms. The summed E-state index contributed by atoms with van der Waals surface area (Å²) in [4.78, 5) is 24.0. The van der Waals surface area contributed by atoms with Gasteiger partial charge in [0, 0.05) is 5.02 Å². The van der Waals surface area contributed by atoms with Crippen molar-refractivity contribution in [2.45, 2.75) is 0 Å². The molecule has 1 N–H and O–H groups in total. The molecule has 0 aliphatic heterocycles. The van der Waals surface area contributed by atoms with Gasteiger partial charge in [0.1, 0.15) is 11.5 Å². The molecule has 0 heterocycles. The predicted molar refractivity (Wildman–Crippen MR) is 116 cm³/mol. The van der Waals surface area contributed by atoms with E-state index in [1.807, 2.05) is 0 Å². The van der Waals surface area contributed by atoms with E-state index in [0.717, 1.165) is 0 Å². The number of ether oxygens (including phenoxy) is 2. The van der Waals surface area contributed by atoms with Crippen LogP contribution in [0, 0.1) is 0 Å². The minimum atomic E-state index is -0.509. The quantitative estimate of drug-likeness (QED) is 0.248. The molecule has 0 unspecified atom stereocenters. The van der Waals surface area contributed by atoms with Crippen molar-refractivity contribution in [1.82, 2.24) is 5.43 Å². The van der Waals surface area contributed by atoms with Crippen molar-refractivity contribution in [1.29, 1.82) is 0 Å². The summed E-state index contributed by atoms with van der Waals surface area (Å²) >= 11 is 11.8. The molecule has 0 aliphatic carbocycles. The molecule has 0 radical (unpaired) electrons. The predicted octanol–water partition coefficient (Wildman–Crippen LogP) is 4.74. The van der Waals surface area contributed by atoms with E-state index >= 15 is 0 Å². The molecule has 152 valence electrons. The Kier molecular flexibility index (Phi) is 7.43. The Balaban J connectivity index is 1.52. The smallest absolute Gasteiger partial charge is 0.343 e. The minimum absolute atomic E-state index is 0.236. The van der Waals surface area contributed by atoms with E-state index in [9.17, 15) is 9.59 Å². The van der Waals surface area contributed by atoms with Crippen LogP contribution >= 0.6 is 23.2 Å². The number of amides is 1. The fourth-order valence-electron chi connectivity index (χ4n) is 2.33. The minimum Gasteiger partial charge on any atom is -0.482 e. The number of carbonyl (C=O) groups excluding carboxylic acids is 2. The Bertz CT molecular complexity index is 1070. The molecule has 0 fully saturated rings. The summed E-state index contributed by atoms with van der Waals surface area (Å²) in [5.74, 6) is -0.206. The van der Waals surface area contributed by atoms with E-state index in [1.54, 1.807) is 72.8 Å². The van der Waals surface area contributed by atoms with Crippen molar-refractivity contribution in [2.75, 3.05) is 6.61 Å². The Morgan fingerprint density at radius 3 is 2.50 bits per heavy atom. The highest BCUT2D eigenvalue weighted by Crippen LogP contribution is 2.22. The van der Waals surface area contributed by atoms with Crippen LogP contribution in [0.25, 0.3) is 0 Å². The van der Waals surface area contributed by atoms with Crippen molar-refractivity contribution in [3.63, 3.8) is 0 Å². The van der Waals surface area contributed by atoms with E-state index in [0.29, 0.717) is 32.7 Å². The number of benzene rings is 3. The highest BCUT2D eigenvalue weighted by Gasteiger charge is 2.09. The lowest BCUT2D eigenvalue weighted by atomic mass is 10.2. The second-order valence-electron chi connectivity index (χ2n) is 5.98. The zero-order valence-corrected chi connectivity index (χ0v) is 17.1. The molecular formula is C22H16Cl2N2O4. The number of carbonyl (C=O) groups is 2. The number of nitrogens with one attached hydrogen (secondary N) is 1. The fourth-order valence-corrected chi connectivity index (χ4v) is 2.64. The highest BCUT2D eigenvalue weighted by molar-refractivity contribution is 6.32. The molecule has 0 aromatic heterocycles. The lowest BCUT2D eigenvalue weighted by Gasteiger charge is -2.06. The molecule has 3 aromatic rings. The largest absolute Gasteiger partial charge is 0.482 e. The van der Waals surface area contributed by atoms with Crippen molar-refractivity contribution in [3.05, 3.63) is 94.0 Å². The van der Waals surface area contributed by atoms with Crippen LogP contribution in [0.5, 0.6) is 11.5 Å². The van der Waals surface area contributed by atoms with Crippen LogP contribution in [0.4, 0.5) is 0 Å². The molecule has 0 atom stereocenters. The van der Waals surface area contributed by atoms with E-state index < -0.39 is 11.9 Å². The first-order valence-corrected chi connectivity index (χ1v) is 9.54. The number of para-hydroxylation sites is 1. The van der Waals surface area contributed by atoms with Gasteiger partial charge in [-0.2, -0.15) is 5.10 Å². The summed E-state index contributed by atoms with van der Waals surface area (Å²) in [6.07, 6.45) is 1.42. The van der Waals surface area contributed by atoms with Gasteiger partial charge in [0.15, 0.2) is 6.61 Å². The van der Waals surface area contributed by atoms with Crippen LogP contribution in [0.3, 0.4) is 0 Å².